The van der Waals surface area contributed by atoms with Crippen molar-refractivity contribution < 1.29 is 14.4 Å². The molecule has 2 heterocycles. The van der Waals surface area contributed by atoms with Crippen molar-refractivity contribution in [3.05, 3.63) is 75.5 Å². The number of hydrogen-bond donors (Lipinski definition) is 1. The number of aliphatic hydroxyl groups excluding tert-OH is 1. The van der Waals surface area contributed by atoms with Gasteiger partial charge in [-0.25, -0.2) is 0 Å². The Morgan fingerprint density at radius 3 is 2.27 bits per heavy atom. The minimum Gasteiger partial charge on any atom is -0.389 e. The lowest BCUT2D eigenvalue weighted by Crippen LogP contribution is -2.51. The van der Waals surface area contributed by atoms with Gasteiger partial charge in [0.2, 0.25) is 0 Å². The molecule has 4 rings (SSSR count). The first-order valence-corrected chi connectivity index (χ1v) is 10.5. The highest BCUT2D eigenvalue weighted by Crippen LogP contribution is 2.27. The Bertz CT molecular complexity index is 999. The van der Waals surface area contributed by atoms with Crippen LogP contribution >= 0.6 is 23.2 Å². The number of rotatable bonds is 8. The summed E-state index contributed by atoms with van der Waals surface area (Å²) in [4.78, 5) is 19.1. The number of aromatic nitrogens is 2. The lowest BCUT2D eigenvalue weighted by atomic mass is 9.91. The number of hydrogen-bond acceptors (Lipinski definition) is 6. The number of benzene rings is 2. The van der Waals surface area contributed by atoms with Crippen molar-refractivity contribution in [3.8, 4) is 0 Å². The van der Waals surface area contributed by atoms with E-state index in [0.29, 0.717) is 47.8 Å². The van der Waals surface area contributed by atoms with Gasteiger partial charge < -0.3 is 14.5 Å². The van der Waals surface area contributed by atoms with Crippen LogP contribution in [-0.4, -0.2) is 40.2 Å². The molecule has 1 N–H and O–H groups in total. The highest BCUT2D eigenvalue weighted by Gasteiger charge is 2.30. The van der Waals surface area contributed by atoms with Crippen molar-refractivity contribution in [1.29, 1.82) is 0 Å². The molecule has 0 unspecified atom stereocenters. The molecule has 0 amide bonds. The quantitative estimate of drug-likeness (QED) is 0.562. The standard InChI is InChI=1S/C22H21Cl2N3O3/c23-17-5-1-14(2-6-17)9-16(11-19(28)10-15-3-7-18(24)8-4-15)21-25-22(30-26-21)27-12-20(29)13-27/h1-8,16,20,29H,9-13H2/t16-/m1/s1. The summed E-state index contributed by atoms with van der Waals surface area (Å²) in [7, 11) is 0. The summed E-state index contributed by atoms with van der Waals surface area (Å²) < 4.78 is 5.37. The van der Waals surface area contributed by atoms with Crippen LogP contribution in [0.15, 0.2) is 53.1 Å². The number of aliphatic hydroxyl groups is 1. The van der Waals surface area contributed by atoms with Gasteiger partial charge in [-0.15, -0.1) is 0 Å². The van der Waals surface area contributed by atoms with Crippen LogP contribution in [0.2, 0.25) is 10.0 Å². The molecule has 0 spiro atoms. The van der Waals surface area contributed by atoms with Gasteiger partial charge in [0.15, 0.2) is 5.82 Å². The van der Waals surface area contributed by atoms with E-state index in [1.165, 1.54) is 0 Å². The van der Waals surface area contributed by atoms with Crippen LogP contribution in [0.1, 0.15) is 29.3 Å². The molecule has 1 atom stereocenters. The van der Waals surface area contributed by atoms with Crippen molar-refractivity contribution in [2.45, 2.75) is 31.3 Å². The first-order chi connectivity index (χ1) is 14.5. The second-order valence-corrected chi connectivity index (χ2v) is 8.44. The third kappa shape index (κ3) is 5.19. The van der Waals surface area contributed by atoms with E-state index in [4.69, 9.17) is 27.7 Å². The molecule has 6 nitrogen and oxygen atoms in total. The first-order valence-electron chi connectivity index (χ1n) is 9.73. The van der Waals surface area contributed by atoms with Gasteiger partial charge in [0.05, 0.1) is 19.2 Å². The summed E-state index contributed by atoms with van der Waals surface area (Å²) in [5, 5.41) is 14.9. The van der Waals surface area contributed by atoms with Gasteiger partial charge in [-0.1, -0.05) is 52.6 Å². The van der Waals surface area contributed by atoms with Crippen LogP contribution in [0.25, 0.3) is 0 Å². The van der Waals surface area contributed by atoms with Crippen LogP contribution < -0.4 is 4.90 Å². The molecule has 0 radical (unpaired) electrons. The third-order valence-electron chi connectivity index (χ3n) is 5.11. The molecule has 8 heteroatoms. The Hall–Kier alpha value is -2.41. The zero-order valence-corrected chi connectivity index (χ0v) is 17.7. The number of halogens is 2. The second kappa shape index (κ2) is 9.16. The van der Waals surface area contributed by atoms with Gasteiger partial charge >= 0.3 is 6.01 Å². The highest BCUT2D eigenvalue weighted by molar-refractivity contribution is 6.30. The maximum atomic E-state index is 12.8. The van der Waals surface area contributed by atoms with Gasteiger partial charge in [0.25, 0.3) is 0 Å². The van der Waals surface area contributed by atoms with Crippen LogP contribution in [0, 0.1) is 0 Å². The van der Waals surface area contributed by atoms with Crippen molar-refractivity contribution in [1.82, 2.24) is 10.1 Å². The molecule has 2 aromatic carbocycles. The Kier molecular flexibility index (Phi) is 6.37. The van der Waals surface area contributed by atoms with Gasteiger partial charge in [0, 0.05) is 28.8 Å². The number of carbonyl (C=O) groups excluding carboxylic acids is 1. The number of ketones is 1. The average Bonchev–Trinajstić information content (AvgIpc) is 3.18. The number of β-amino-alcohol motifs (C(OH)–C–C–N with tert-alkyl or cyclic N) is 1. The summed E-state index contributed by atoms with van der Waals surface area (Å²) in [5.74, 6) is 0.350. The van der Waals surface area contributed by atoms with E-state index in [2.05, 4.69) is 10.1 Å². The van der Waals surface area contributed by atoms with E-state index in [9.17, 15) is 9.90 Å². The van der Waals surface area contributed by atoms with Crippen molar-refractivity contribution in [2.24, 2.45) is 0 Å². The number of anilines is 1. The molecule has 1 aliphatic rings. The lowest BCUT2D eigenvalue weighted by molar-refractivity contribution is -0.118. The predicted octanol–water partition coefficient (Wildman–Crippen LogP) is 4.09. The molecule has 1 saturated heterocycles. The van der Waals surface area contributed by atoms with E-state index in [-0.39, 0.29) is 24.2 Å². The van der Waals surface area contributed by atoms with Crippen LogP contribution in [-0.2, 0) is 17.6 Å². The number of nitrogens with zero attached hydrogens (tertiary/aromatic N) is 3. The van der Waals surface area contributed by atoms with Gasteiger partial charge in [-0.3, -0.25) is 4.79 Å². The Morgan fingerprint density at radius 1 is 1.07 bits per heavy atom. The molecule has 1 fully saturated rings. The molecule has 1 aromatic heterocycles. The molecule has 0 aliphatic carbocycles. The molecule has 0 bridgehead atoms. The highest BCUT2D eigenvalue weighted by atomic mass is 35.5. The average molecular weight is 446 g/mol. The lowest BCUT2D eigenvalue weighted by Gasteiger charge is -2.33. The molecular formula is C22H21Cl2N3O3. The van der Waals surface area contributed by atoms with Gasteiger partial charge in [0.1, 0.15) is 5.78 Å². The minimum atomic E-state index is -0.369. The topological polar surface area (TPSA) is 79.5 Å². The maximum Gasteiger partial charge on any atom is 0.324 e. The smallest absolute Gasteiger partial charge is 0.324 e. The summed E-state index contributed by atoms with van der Waals surface area (Å²) in [6, 6.07) is 15.2. The summed E-state index contributed by atoms with van der Waals surface area (Å²) in [5.41, 5.74) is 1.95. The van der Waals surface area contributed by atoms with Crippen molar-refractivity contribution in [3.63, 3.8) is 0 Å². The Balaban J connectivity index is 1.49. The fourth-order valence-electron chi connectivity index (χ4n) is 3.47. The summed E-state index contributed by atoms with van der Waals surface area (Å²) in [6.45, 7) is 0.942. The molecule has 30 heavy (non-hydrogen) atoms. The zero-order valence-electron chi connectivity index (χ0n) is 16.2. The Morgan fingerprint density at radius 2 is 1.67 bits per heavy atom. The molecule has 0 saturated carbocycles. The maximum absolute atomic E-state index is 12.8. The number of carbonyl (C=O) groups is 1. The van der Waals surface area contributed by atoms with E-state index < -0.39 is 0 Å². The molecule has 156 valence electrons. The molecule has 3 aromatic rings. The van der Waals surface area contributed by atoms with Crippen molar-refractivity contribution in [2.75, 3.05) is 18.0 Å². The number of Topliss-reactive ketones (excluding diaryl/α,β-unsaturated/α-hetero) is 1. The van der Waals surface area contributed by atoms with E-state index >= 15 is 0 Å². The summed E-state index contributed by atoms with van der Waals surface area (Å²) >= 11 is 11.9. The molecular weight excluding hydrogens is 425 g/mol. The normalized spacial score (nSPS) is 15.1. The van der Waals surface area contributed by atoms with E-state index in [0.717, 1.165) is 11.1 Å². The van der Waals surface area contributed by atoms with Crippen LogP contribution in [0.3, 0.4) is 0 Å². The predicted molar refractivity (Wildman–Crippen MR) is 115 cm³/mol. The fourth-order valence-corrected chi connectivity index (χ4v) is 3.72. The van der Waals surface area contributed by atoms with Gasteiger partial charge in [-0.2, -0.15) is 4.98 Å². The largest absolute Gasteiger partial charge is 0.389 e. The summed E-state index contributed by atoms with van der Waals surface area (Å²) in [6.07, 6.45) is 0.820. The first kappa shape index (κ1) is 20.8. The zero-order chi connectivity index (χ0) is 21.1. The molecule has 1 aliphatic heterocycles. The monoisotopic (exact) mass is 445 g/mol. The minimum absolute atomic E-state index is 0.0852. The second-order valence-electron chi connectivity index (χ2n) is 7.57. The van der Waals surface area contributed by atoms with E-state index in [1.807, 2.05) is 41.3 Å². The van der Waals surface area contributed by atoms with E-state index in [1.54, 1.807) is 12.1 Å². The fraction of sp³-hybridized carbons (Fsp3) is 0.318. The SMILES string of the molecule is O=C(Cc1ccc(Cl)cc1)C[C@@H](Cc1ccc(Cl)cc1)c1noc(N2CC(O)C2)n1. The third-order valence-corrected chi connectivity index (χ3v) is 5.62. The van der Waals surface area contributed by atoms with Crippen molar-refractivity contribution >= 4 is 35.0 Å². The van der Waals surface area contributed by atoms with Crippen LogP contribution in [0.5, 0.6) is 0 Å². The Labute approximate surface area is 184 Å². The van der Waals surface area contributed by atoms with Gasteiger partial charge in [-0.05, 0) is 41.8 Å². The van der Waals surface area contributed by atoms with Crippen LogP contribution in [0.4, 0.5) is 6.01 Å².